The van der Waals surface area contributed by atoms with E-state index in [9.17, 15) is 15.3 Å². The van der Waals surface area contributed by atoms with E-state index in [-0.39, 0.29) is 17.7 Å². The molecule has 1 fully saturated rings. The van der Waals surface area contributed by atoms with Crippen molar-refractivity contribution < 1.29 is 24.8 Å². The zero-order valence-corrected chi connectivity index (χ0v) is 20.1. The summed E-state index contributed by atoms with van der Waals surface area (Å²) < 4.78 is 10.5. The molecule has 1 aliphatic rings. The Hall–Kier alpha value is -2.68. The number of hydrogen-bond acceptors (Lipinski definition) is 10. The van der Waals surface area contributed by atoms with Crippen LogP contribution < -0.4 is 15.4 Å². The highest BCUT2D eigenvalue weighted by Crippen LogP contribution is 2.31. The van der Waals surface area contributed by atoms with Gasteiger partial charge in [0, 0.05) is 37.8 Å². The Labute approximate surface area is 203 Å². The van der Waals surface area contributed by atoms with Gasteiger partial charge in [0.1, 0.15) is 17.5 Å². The van der Waals surface area contributed by atoms with Crippen molar-refractivity contribution >= 4 is 23.4 Å². The first-order chi connectivity index (χ1) is 16.4. The maximum Gasteiger partial charge on any atom is 0.226 e. The molecule has 0 amide bonds. The van der Waals surface area contributed by atoms with Crippen molar-refractivity contribution in [3.05, 3.63) is 34.1 Å². The lowest BCUT2D eigenvalue weighted by Gasteiger charge is -2.20. The standard InChI is InChI=1S/C23H30ClN5O5/c1-4-34-18-8-6-14(13(2)26-18)5-7-16-21(24)28-23(25-9-10-33-3)29-22(16)27-17-11-15(12-30)19(31)20(17)32/h6,8,15,17,19-20,30-32H,4,9-12H2,1-3H3,(H2,25,27,28,29)/t15-,17-,19-,20+/m1/s1. The molecular weight excluding hydrogens is 462 g/mol. The van der Waals surface area contributed by atoms with Crippen LogP contribution in [0.25, 0.3) is 0 Å². The minimum absolute atomic E-state index is 0.119. The Morgan fingerprint density at radius 2 is 1.97 bits per heavy atom. The van der Waals surface area contributed by atoms with E-state index in [2.05, 4.69) is 37.4 Å². The van der Waals surface area contributed by atoms with Crippen molar-refractivity contribution in [3.63, 3.8) is 0 Å². The molecule has 2 aromatic rings. The highest BCUT2D eigenvalue weighted by atomic mass is 35.5. The number of methoxy groups -OCH3 is 1. The molecule has 0 aliphatic heterocycles. The van der Waals surface area contributed by atoms with Crippen LogP contribution in [0.1, 0.15) is 30.2 Å². The molecule has 0 spiro atoms. The van der Waals surface area contributed by atoms with Gasteiger partial charge in [0.2, 0.25) is 11.8 Å². The smallest absolute Gasteiger partial charge is 0.226 e. The second-order valence-corrected chi connectivity index (χ2v) is 8.22. The van der Waals surface area contributed by atoms with Gasteiger partial charge >= 0.3 is 0 Å². The van der Waals surface area contributed by atoms with Gasteiger partial charge in [0.05, 0.1) is 31.1 Å². The number of rotatable bonds is 9. The first-order valence-corrected chi connectivity index (χ1v) is 11.4. The number of anilines is 2. The normalized spacial score (nSPS) is 21.6. The van der Waals surface area contributed by atoms with Crippen molar-refractivity contribution in [1.29, 1.82) is 0 Å². The maximum absolute atomic E-state index is 10.4. The number of nitrogens with one attached hydrogen (secondary N) is 2. The van der Waals surface area contributed by atoms with Crippen LogP contribution >= 0.6 is 11.6 Å². The number of pyridine rings is 1. The van der Waals surface area contributed by atoms with Gasteiger partial charge in [-0.3, -0.25) is 0 Å². The molecule has 0 saturated heterocycles. The summed E-state index contributed by atoms with van der Waals surface area (Å²) in [5.41, 5.74) is 1.72. The van der Waals surface area contributed by atoms with E-state index in [4.69, 9.17) is 21.1 Å². The lowest BCUT2D eigenvalue weighted by Crippen LogP contribution is -2.35. The molecule has 3 rings (SSSR count). The number of aryl methyl sites for hydroxylation is 1. The Morgan fingerprint density at radius 1 is 1.18 bits per heavy atom. The molecular formula is C23H30ClN5O5. The molecule has 10 nitrogen and oxygen atoms in total. The zero-order valence-electron chi connectivity index (χ0n) is 19.4. The number of ether oxygens (including phenoxy) is 2. The predicted octanol–water partition coefficient (Wildman–Crippen LogP) is 1.20. The Kier molecular flexibility index (Phi) is 9.27. The van der Waals surface area contributed by atoms with E-state index in [0.717, 1.165) is 0 Å². The second-order valence-electron chi connectivity index (χ2n) is 7.86. The van der Waals surface area contributed by atoms with E-state index in [0.29, 0.717) is 54.7 Å². The van der Waals surface area contributed by atoms with Crippen LogP contribution in [0.4, 0.5) is 11.8 Å². The van der Waals surface area contributed by atoms with Gasteiger partial charge in [0.25, 0.3) is 0 Å². The molecule has 1 aliphatic carbocycles. The van der Waals surface area contributed by atoms with E-state index in [1.807, 2.05) is 19.9 Å². The molecule has 0 radical (unpaired) electrons. The lowest BCUT2D eigenvalue weighted by atomic mass is 10.1. The lowest BCUT2D eigenvalue weighted by molar-refractivity contribution is 0.00445. The van der Waals surface area contributed by atoms with Gasteiger partial charge in [-0.2, -0.15) is 9.97 Å². The third-order valence-electron chi connectivity index (χ3n) is 5.49. The average molecular weight is 492 g/mol. The summed E-state index contributed by atoms with van der Waals surface area (Å²) in [4.78, 5) is 13.1. The molecule has 184 valence electrons. The van der Waals surface area contributed by atoms with Gasteiger partial charge < -0.3 is 35.4 Å². The van der Waals surface area contributed by atoms with E-state index in [1.54, 1.807) is 13.2 Å². The first kappa shape index (κ1) is 25.9. The topological polar surface area (TPSA) is 142 Å². The van der Waals surface area contributed by atoms with Gasteiger partial charge in [-0.25, -0.2) is 4.98 Å². The summed E-state index contributed by atoms with van der Waals surface area (Å²) in [5.74, 6) is 6.71. The van der Waals surface area contributed by atoms with Crippen molar-refractivity contribution in [1.82, 2.24) is 15.0 Å². The minimum Gasteiger partial charge on any atom is -0.478 e. The second kappa shape index (κ2) is 12.1. The van der Waals surface area contributed by atoms with Crippen molar-refractivity contribution in [2.24, 2.45) is 5.92 Å². The quantitative estimate of drug-likeness (QED) is 0.197. The van der Waals surface area contributed by atoms with Crippen LogP contribution in [0.2, 0.25) is 5.15 Å². The van der Waals surface area contributed by atoms with Gasteiger partial charge in [-0.1, -0.05) is 23.4 Å². The van der Waals surface area contributed by atoms with Gasteiger partial charge in [-0.15, -0.1) is 0 Å². The molecule has 11 heteroatoms. The highest BCUT2D eigenvalue weighted by Gasteiger charge is 2.41. The summed E-state index contributed by atoms with van der Waals surface area (Å²) >= 11 is 6.47. The summed E-state index contributed by atoms with van der Waals surface area (Å²) in [7, 11) is 1.59. The van der Waals surface area contributed by atoms with Gasteiger partial charge in [0.15, 0.2) is 5.15 Å². The summed E-state index contributed by atoms with van der Waals surface area (Å²) in [6, 6.07) is 3.00. The summed E-state index contributed by atoms with van der Waals surface area (Å²) in [5, 5.41) is 36.4. The fourth-order valence-electron chi connectivity index (χ4n) is 3.65. The Morgan fingerprint density at radius 3 is 2.62 bits per heavy atom. The predicted molar refractivity (Wildman–Crippen MR) is 128 cm³/mol. The number of halogens is 1. The Bertz CT molecular complexity index is 1040. The summed E-state index contributed by atoms with van der Waals surface area (Å²) in [6.45, 7) is 4.91. The highest BCUT2D eigenvalue weighted by molar-refractivity contribution is 6.31. The molecule has 2 heterocycles. The largest absolute Gasteiger partial charge is 0.478 e. The maximum atomic E-state index is 10.4. The number of aromatic nitrogens is 3. The van der Waals surface area contributed by atoms with Crippen LogP contribution in [-0.4, -0.2) is 82.0 Å². The monoisotopic (exact) mass is 491 g/mol. The third kappa shape index (κ3) is 6.25. The van der Waals surface area contributed by atoms with Crippen molar-refractivity contribution in [2.75, 3.05) is 44.1 Å². The SMILES string of the molecule is CCOc1ccc(C#Cc2c(Cl)nc(NCCOC)nc2N[C@@H]2C[C@H](CO)[C@@H](O)[C@H]2O)c(C)n1. The van der Waals surface area contributed by atoms with Crippen LogP contribution in [0, 0.1) is 24.7 Å². The fourth-order valence-corrected chi connectivity index (χ4v) is 3.86. The minimum atomic E-state index is -1.09. The van der Waals surface area contributed by atoms with Crippen LogP contribution in [0.15, 0.2) is 12.1 Å². The fraction of sp³-hybridized carbons (Fsp3) is 0.522. The van der Waals surface area contributed by atoms with E-state index < -0.39 is 24.2 Å². The molecule has 2 aromatic heterocycles. The molecule has 0 aromatic carbocycles. The molecule has 4 atom stereocenters. The van der Waals surface area contributed by atoms with E-state index >= 15 is 0 Å². The number of hydrogen-bond donors (Lipinski definition) is 5. The molecule has 0 bridgehead atoms. The Balaban J connectivity index is 1.94. The van der Waals surface area contributed by atoms with E-state index in [1.165, 1.54) is 0 Å². The van der Waals surface area contributed by atoms with Crippen molar-refractivity contribution in [2.45, 2.75) is 38.5 Å². The number of aliphatic hydroxyl groups is 3. The van der Waals surface area contributed by atoms with Crippen LogP contribution in [0.3, 0.4) is 0 Å². The van der Waals surface area contributed by atoms with Crippen LogP contribution in [-0.2, 0) is 4.74 Å². The molecule has 0 unspecified atom stereocenters. The molecule has 1 saturated carbocycles. The number of aliphatic hydroxyl groups excluding tert-OH is 3. The first-order valence-electron chi connectivity index (χ1n) is 11.0. The van der Waals surface area contributed by atoms with Gasteiger partial charge in [-0.05, 0) is 26.3 Å². The zero-order chi connectivity index (χ0) is 24.7. The third-order valence-corrected chi connectivity index (χ3v) is 5.76. The van der Waals surface area contributed by atoms with Crippen molar-refractivity contribution in [3.8, 4) is 17.7 Å². The average Bonchev–Trinajstić information content (AvgIpc) is 3.08. The molecule has 34 heavy (non-hydrogen) atoms. The number of nitrogens with zero attached hydrogens (tertiary/aromatic N) is 3. The summed E-state index contributed by atoms with van der Waals surface area (Å²) in [6.07, 6.45) is -1.79. The molecule has 5 N–H and O–H groups in total. The van der Waals surface area contributed by atoms with Crippen LogP contribution in [0.5, 0.6) is 5.88 Å².